The van der Waals surface area contributed by atoms with Crippen molar-refractivity contribution in [3.8, 4) is 0 Å². The number of nitrogens with one attached hydrogen (secondary N) is 2. The first-order chi connectivity index (χ1) is 13.0. The van der Waals surface area contributed by atoms with E-state index >= 15 is 0 Å². The largest absolute Gasteiger partial charge is 0.352 e. The zero-order chi connectivity index (χ0) is 19.2. The van der Waals surface area contributed by atoms with E-state index < -0.39 is 0 Å². The Morgan fingerprint density at radius 3 is 2.70 bits per heavy atom. The number of carbonyl (C=O) groups excluding carboxylic acids is 2. The van der Waals surface area contributed by atoms with Gasteiger partial charge in [-0.25, -0.2) is 0 Å². The van der Waals surface area contributed by atoms with Gasteiger partial charge in [-0.05, 0) is 53.5 Å². The molecule has 27 heavy (non-hydrogen) atoms. The molecule has 4 nitrogen and oxygen atoms in total. The van der Waals surface area contributed by atoms with E-state index in [9.17, 15) is 9.59 Å². The highest BCUT2D eigenvalue weighted by molar-refractivity contribution is 5.90. The number of amides is 2. The van der Waals surface area contributed by atoms with Crippen LogP contribution in [0, 0.1) is 5.92 Å². The minimum atomic E-state index is 0.0195. The molecule has 4 heteroatoms. The van der Waals surface area contributed by atoms with Crippen LogP contribution in [0.15, 0.2) is 48.5 Å². The quantitative estimate of drug-likeness (QED) is 0.765. The van der Waals surface area contributed by atoms with E-state index in [4.69, 9.17) is 0 Å². The standard InChI is InChI=1S/C23H28N2O2/c1-16(2)12-23(27)25-20-8-5-6-17(13-20)15-24-22(26)14-19-11-10-18-7-3-4-9-21(18)19/h3-9,13,16,19H,10-12,14-15H2,1-2H3,(H,24,26)(H,25,27). The van der Waals surface area contributed by atoms with Crippen LogP contribution in [0.5, 0.6) is 0 Å². The van der Waals surface area contributed by atoms with Crippen LogP contribution in [-0.2, 0) is 22.6 Å². The fourth-order valence-electron chi connectivity index (χ4n) is 3.70. The average molecular weight is 364 g/mol. The van der Waals surface area contributed by atoms with Crippen LogP contribution in [-0.4, -0.2) is 11.8 Å². The number of fused-ring (bicyclic) bond motifs is 1. The highest BCUT2D eigenvalue weighted by Crippen LogP contribution is 2.35. The summed E-state index contributed by atoms with van der Waals surface area (Å²) in [6.45, 7) is 4.52. The summed E-state index contributed by atoms with van der Waals surface area (Å²) in [5.74, 6) is 0.744. The van der Waals surface area contributed by atoms with Crippen molar-refractivity contribution in [2.45, 2.75) is 52.0 Å². The van der Waals surface area contributed by atoms with Crippen molar-refractivity contribution in [2.24, 2.45) is 5.92 Å². The van der Waals surface area contributed by atoms with Crippen LogP contribution in [0.3, 0.4) is 0 Å². The van der Waals surface area contributed by atoms with Crippen molar-refractivity contribution in [1.29, 1.82) is 0 Å². The van der Waals surface area contributed by atoms with Crippen LogP contribution < -0.4 is 10.6 Å². The highest BCUT2D eigenvalue weighted by Gasteiger charge is 2.23. The smallest absolute Gasteiger partial charge is 0.224 e. The molecule has 0 aliphatic heterocycles. The maximum absolute atomic E-state index is 12.4. The van der Waals surface area contributed by atoms with E-state index in [-0.39, 0.29) is 11.8 Å². The topological polar surface area (TPSA) is 58.2 Å². The Kier molecular flexibility index (Phi) is 6.28. The van der Waals surface area contributed by atoms with E-state index in [0.717, 1.165) is 24.1 Å². The lowest BCUT2D eigenvalue weighted by molar-refractivity contribution is -0.121. The van der Waals surface area contributed by atoms with Crippen molar-refractivity contribution in [2.75, 3.05) is 5.32 Å². The van der Waals surface area contributed by atoms with Gasteiger partial charge in [-0.3, -0.25) is 9.59 Å². The van der Waals surface area contributed by atoms with Gasteiger partial charge in [0, 0.05) is 25.1 Å². The SMILES string of the molecule is CC(C)CC(=O)Nc1cccc(CNC(=O)CC2CCc3ccccc32)c1. The lowest BCUT2D eigenvalue weighted by Gasteiger charge is -2.13. The summed E-state index contributed by atoms with van der Waals surface area (Å²) < 4.78 is 0. The normalized spacial score (nSPS) is 15.4. The first kappa shape index (κ1) is 19.2. The third kappa shape index (κ3) is 5.43. The second-order valence-electron chi connectivity index (χ2n) is 7.76. The predicted molar refractivity (Wildman–Crippen MR) is 108 cm³/mol. The minimum Gasteiger partial charge on any atom is -0.352 e. The molecule has 1 aliphatic carbocycles. The molecule has 1 atom stereocenters. The molecule has 0 bridgehead atoms. The second kappa shape index (κ2) is 8.85. The van der Waals surface area contributed by atoms with Crippen LogP contribution in [0.1, 0.15) is 55.7 Å². The van der Waals surface area contributed by atoms with Crippen molar-refractivity contribution < 1.29 is 9.59 Å². The van der Waals surface area contributed by atoms with E-state index in [1.807, 2.05) is 44.2 Å². The molecule has 0 heterocycles. The average Bonchev–Trinajstić information content (AvgIpc) is 3.03. The molecule has 2 amide bonds. The lowest BCUT2D eigenvalue weighted by atomic mass is 9.97. The van der Waals surface area contributed by atoms with Crippen molar-refractivity contribution in [3.63, 3.8) is 0 Å². The number of anilines is 1. The van der Waals surface area contributed by atoms with Gasteiger partial charge < -0.3 is 10.6 Å². The van der Waals surface area contributed by atoms with Crippen LogP contribution in [0.25, 0.3) is 0 Å². The molecule has 1 aliphatic rings. The highest BCUT2D eigenvalue weighted by atomic mass is 16.2. The van der Waals surface area contributed by atoms with Crippen LogP contribution >= 0.6 is 0 Å². The van der Waals surface area contributed by atoms with Crippen molar-refractivity contribution in [3.05, 3.63) is 65.2 Å². The van der Waals surface area contributed by atoms with E-state index in [1.54, 1.807) is 0 Å². The molecule has 2 aromatic rings. The number of carbonyl (C=O) groups is 2. The zero-order valence-electron chi connectivity index (χ0n) is 16.1. The molecule has 0 fully saturated rings. The van der Waals surface area contributed by atoms with Gasteiger partial charge in [0.25, 0.3) is 0 Å². The molecule has 0 saturated carbocycles. The second-order valence-corrected chi connectivity index (χ2v) is 7.76. The van der Waals surface area contributed by atoms with Crippen molar-refractivity contribution >= 4 is 17.5 Å². The van der Waals surface area contributed by atoms with Gasteiger partial charge in [0.2, 0.25) is 11.8 Å². The Morgan fingerprint density at radius 2 is 1.89 bits per heavy atom. The number of hydrogen-bond donors (Lipinski definition) is 2. The molecule has 0 aromatic heterocycles. The number of rotatable bonds is 7. The summed E-state index contributed by atoms with van der Waals surface area (Å²) in [7, 11) is 0. The fraction of sp³-hybridized carbons (Fsp3) is 0.391. The maximum atomic E-state index is 12.4. The Labute approximate surface area is 161 Å². The van der Waals surface area contributed by atoms with E-state index in [0.29, 0.717) is 31.2 Å². The monoisotopic (exact) mass is 364 g/mol. The molecule has 2 aromatic carbocycles. The number of benzene rings is 2. The Balaban J connectivity index is 1.51. The summed E-state index contributed by atoms with van der Waals surface area (Å²) in [5, 5.41) is 5.94. The van der Waals surface area contributed by atoms with E-state index in [2.05, 4.69) is 28.8 Å². The molecule has 2 N–H and O–H groups in total. The van der Waals surface area contributed by atoms with Crippen LogP contribution in [0.2, 0.25) is 0 Å². The molecule has 142 valence electrons. The van der Waals surface area contributed by atoms with Gasteiger partial charge in [0.1, 0.15) is 0 Å². The molecular formula is C23H28N2O2. The van der Waals surface area contributed by atoms with Crippen LogP contribution in [0.4, 0.5) is 5.69 Å². The Hall–Kier alpha value is -2.62. The Morgan fingerprint density at radius 1 is 1.07 bits per heavy atom. The van der Waals surface area contributed by atoms with Gasteiger partial charge in [0.05, 0.1) is 0 Å². The minimum absolute atomic E-state index is 0.0195. The van der Waals surface area contributed by atoms with E-state index in [1.165, 1.54) is 11.1 Å². The van der Waals surface area contributed by atoms with Gasteiger partial charge >= 0.3 is 0 Å². The first-order valence-electron chi connectivity index (χ1n) is 9.74. The van der Waals surface area contributed by atoms with Gasteiger partial charge in [-0.2, -0.15) is 0 Å². The molecule has 3 rings (SSSR count). The summed E-state index contributed by atoms with van der Waals surface area (Å²) in [6.07, 6.45) is 3.14. The molecule has 0 radical (unpaired) electrons. The first-order valence-corrected chi connectivity index (χ1v) is 9.74. The molecular weight excluding hydrogens is 336 g/mol. The van der Waals surface area contributed by atoms with Gasteiger partial charge in [-0.1, -0.05) is 50.2 Å². The zero-order valence-corrected chi connectivity index (χ0v) is 16.1. The lowest BCUT2D eigenvalue weighted by Crippen LogP contribution is -2.24. The maximum Gasteiger partial charge on any atom is 0.224 e. The number of hydrogen-bond acceptors (Lipinski definition) is 2. The van der Waals surface area contributed by atoms with Crippen molar-refractivity contribution in [1.82, 2.24) is 5.32 Å². The fourth-order valence-corrected chi connectivity index (χ4v) is 3.70. The van der Waals surface area contributed by atoms with Gasteiger partial charge in [-0.15, -0.1) is 0 Å². The summed E-state index contributed by atoms with van der Waals surface area (Å²) >= 11 is 0. The predicted octanol–water partition coefficient (Wildman–Crippen LogP) is 4.41. The van der Waals surface area contributed by atoms with Gasteiger partial charge in [0.15, 0.2) is 0 Å². The molecule has 0 saturated heterocycles. The third-order valence-electron chi connectivity index (χ3n) is 4.98. The number of aryl methyl sites for hydroxylation is 1. The molecule has 0 spiro atoms. The summed E-state index contributed by atoms with van der Waals surface area (Å²) in [4.78, 5) is 24.3. The summed E-state index contributed by atoms with van der Waals surface area (Å²) in [5.41, 5.74) is 4.46. The summed E-state index contributed by atoms with van der Waals surface area (Å²) in [6, 6.07) is 16.1. The Bertz CT molecular complexity index is 814. The third-order valence-corrected chi connectivity index (χ3v) is 4.98. The molecule has 1 unspecified atom stereocenters.